The highest BCUT2D eigenvalue weighted by Crippen LogP contribution is 2.04. The van der Waals surface area contributed by atoms with Gasteiger partial charge in [0.05, 0.1) is 0 Å². The van der Waals surface area contributed by atoms with E-state index in [2.05, 4.69) is 5.32 Å². The monoisotopic (exact) mass is 136 g/mol. The van der Waals surface area contributed by atoms with Crippen molar-refractivity contribution >= 4 is 0 Å². The number of nitrogens with one attached hydrogen (secondary N) is 1. The minimum atomic E-state index is -0.469. The Hall–Kier alpha value is -1.02. The molecule has 2 heteroatoms. The zero-order valence-electron chi connectivity index (χ0n) is 6.04. The highest BCUT2D eigenvalue weighted by Gasteiger charge is 2.14. The van der Waals surface area contributed by atoms with Gasteiger partial charge < -0.3 is 11.1 Å². The Morgan fingerprint density at radius 3 is 2.80 bits per heavy atom. The van der Waals surface area contributed by atoms with E-state index in [1.165, 1.54) is 0 Å². The van der Waals surface area contributed by atoms with Crippen molar-refractivity contribution in [2.75, 3.05) is 0 Å². The van der Waals surface area contributed by atoms with Crippen LogP contribution in [0.4, 0.5) is 0 Å². The summed E-state index contributed by atoms with van der Waals surface area (Å²) in [6.07, 6.45) is 11.4. The Labute approximate surface area is 61.1 Å². The van der Waals surface area contributed by atoms with Crippen molar-refractivity contribution in [2.45, 2.75) is 12.6 Å². The SMILES string of the molecule is CC=CC1(N)C=CC=CN1. The Bertz CT molecular complexity index is 191. The summed E-state index contributed by atoms with van der Waals surface area (Å²) in [6.45, 7) is 1.95. The fourth-order valence-corrected chi connectivity index (χ4v) is 0.890. The second-order valence-electron chi connectivity index (χ2n) is 2.30. The first-order valence-corrected chi connectivity index (χ1v) is 3.32. The van der Waals surface area contributed by atoms with E-state index >= 15 is 0 Å². The first-order valence-electron chi connectivity index (χ1n) is 3.32. The van der Waals surface area contributed by atoms with Crippen LogP contribution in [-0.4, -0.2) is 5.66 Å². The van der Waals surface area contributed by atoms with Crippen molar-refractivity contribution < 1.29 is 0 Å². The van der Waals surface area contributed by atoms with E-state index in [0.29, 0.717) is 0 Å². The van der Waals surface area contributed by atoms with Crippen LogP contribution in [0.15, 0.2) is 36.6 Å². The summed E-state index contributed by atoms with van der Waals surface area (Å²) in [4.78, 5) is 0. The van der Waals surface area contributed by atoms with Crippen LogP contribution in [0.2, 0.25) is 0 Å². The molecule has 0 radical (unpaired) electrons. The number of hydrogen-bond acceptors (Lipinski definition) is 2. The quantitative estimate of drug-likeness (QED) is 0.525. The van der Waals surface area contributed by atoms with Crippen LogP contribution in [0, 0.1) is 0 Å². The summed E-state index contributed by atoms with van der Waals surface area (Å²) in [7, 11) is 0. The molecule has 0 aromatic rings. The average molecular weight is 136 g/mol. The molecule has 1 aliphatic rings. The molecule has 1 heterocycles. The van der Waals surface area contributed by atoms with Gasteiger partial charge in [-0.25, -0.2) is 0 Å². The van der Waals surface area contributed by atoms with E-state index in [1.807, 2.05) is 43.5 Å². The van der Waals surface area contributed by atoms with Crippen molar-refractivity contribution in [3.8, 4) is 0 Å². The standard InChI is InChI=1S/C8H12N2/c1-2-5-8(9)6-3-4-7-10-8/h2-7,10H,9H2,1H3. The van der Waals surface area contributed by atoms with E-state index in [4.69, 9.17) is 5.73 Å². The van der Waals surface area contributed by atoms with Crippen LogP contribution in [0.1, 0.15) is 6.92 Å². The fourth-order valence-electron chi connectivity index (χ4n) is 0.890. The number of nitrogens with two attached hydrogens (primary N) is 1. The molecule has 0 aromatic carbocycles. The van der Waals surface area contributed by atoms with Crippen molar-refractivity contribution in [3.05, 3.63) is 36.6 Å². The van der Waals surface area contributed by atoms with Crippen molar-refractivity contribution in [1.82, 2.24) is 5.32 Å². The molecular weight excluding hydrogens is 124 g/mol. The molecule has 10 heavy (non-hydrogen) atoms. The van der Waals surface area contributed by atoms with Crippen LogP contribution in [0.3, 0.4) is 0 Å². The van der Waals surface area contributed by atoms with E-state index < -0.39 is 5.66 Å². The summed E-state index contributed by atoms with van der Waals surface area (Å²) >= 11 is 0. The molecule has 0 fully saturated rings. The molecule has 0 saturated heterocycles. The Balaban J connectivity index is 2.70. The van der Waals surface area contributed by atoms with Gasteiger partial charge in [-0.3, -0.25) is 0 Å². The normalized spacial score (nSPS) is 31.0. The molecule has 1 rings (SSSR count). The molecule has 1 aliphatic heterocycles. The Morgan fingerprint density at radius 2 is 2.30 bits per heavy atom. The van der Waals surface area contributed by atoms with Gasteiger partial charge in [0.2, 0.25) is 0 Å². The van der Waals surface area contributed by atoms with Gasteiger partial charge in [-0.1, -0.05) is 12.2 Å². The topological polar surface area (TPSA) is 38.0 Å². The first kappa shape index (κ1) is 7.09. The molecule has 0 aromatic heterocycles. The molecule has 0 spiro atoms. The Kier molecular flexibility index (Phi) is 1.92. The van der Waals surface area contributed by atoms with Crippen LogP contribution >= 0.6 is 0 Å². The van der Waals surface area contributed by atoms with E-state index in [-0.39, 0.29) is 0 Å². The van der Waals surface area contributed by atoms with E-state index in [0.717, 1.165) is 0 Å². The predicted molar refractivity (Wildman–Crippen MR) is 43.1 cm³/mol. The molecule has 0 saturated carbocycles. The number of dihydropyridines is 1. The minimum absolute atomic E-state index is 0.469. The third-order valence-electron chi connectivity index (χ3n) is 1.36. The minimum Gasteiger partial charge on any atom is -0.367 e. The summed E-state index contributed by atoms with van der Waals surface area (Å²) in [5.74, 6) is 0. The van der Waals surface area contributed by atoms with E-state index in [1.54, 1.807) is 0 Å². The summed E-state index contributed by atoms with van der Waals surface area (Å²) in [6, 6.07) is 0. The van der Waals surface area contributed by atoms with Crippen molar-refractivity contribution in [1.29, 1.82) is 0 Å². The molecule has 0 aliphatic carbocycles. The predicted octanol–water partition coefficient (Wildman–Crippen LogP) is 0.891. The lowest BCUT2D eigenvalue weighted by molar-refractivity contribution is 0.580. The van der Waals surface area contributed by atoms with Gasteiger partial charge in [0.15, 0.2) is 0 Å². The van der Waals surface area contributed by atoms with Gasteiger partial charge in [0.1, 0.15) is 5.66 Å². The van der Waals surface area contributed by atoms with Gasteiger partial charge in [0.25, 0.3) is 0 Å². The number of hydrogen-bond donors (Lipinski definition) is 2. The lowest BCUT2D eigenvalue weighted by Crippen LogP contribution is -2.48. The van der Waals surface area contributed by atoms with Crippen LogP contribution < -0.4 is 11.1 Å². The largest absolute Gasteiger partial charge is 0.367 e. The summed E-state index contributed by atoms with van der Waals surface area (Å²) in [5, 5.41) is 3.02. The first-order chi connectivity index (χ1) is 4.77. The Morgan fingerprint density at radius 1 is 1.50 bits per heavy atom. The molecule has 1 unspecified atom stereocenters. The third-order valence-corrected chi connectivity index (χ3v) is 1.36. The van der Waals surface area contributed by atoms with Crippen LogP contribution in [0.5, 0.6) is 0 Å². The second kappa shape index (κ2) is 2.71. The smallest absolute Gasteiger partial charge is 0.124 e. The molecule has 0 amide bonds. The summed E-state index contributed by atoms with van der Waals surface area (Å²) in [5.41, 5.74) is 5.36. The van der Waals surface area contributed by atoms with E-state index in [9.17, 15) is 0 Å². The molecular formula is C8H12N2. The van der Waals surface area contributed by atoms with Gasteiger partial charge in [-0.15, -0.1) is 0 Å². The molecule has 54 valence electrons. The molecule has 0 bridgehead atoms. The molecule has 2 nitrogen and oxygen atoms in total. The molecule has 1 atom stereocenters. The van der Waals surface area contributed by atoms with Crippen LogP contribution in [0.25, 0.3) is 0 Å². The third kappa shape index (κ3) is 1.48. The summed E-state index contributed by atoms with van der Waals surface area (Å²) < 4.78 is 0. The van der Waals surface area contributed by atoms with Gasteiger partial charge in [-0.05, 0) is 31.4 Å². The number of allylic oxidation sites excluding steroid dienone is 3. The lowest BCUT2D eigenvalue weighted by atomic mass is 10.1. The van der Waals surface area contributed by atoms with Crippen molar-refractivity contribution in [3.63, 3.8) is 0 Å². The zero-order chi connectivity index (χ0) is 7.45. The molecule has 3 N–H and O–H groups in total. The second-order valence-corrected chi connectivity index (χ2v) is 2.30. The maximum Gasteiger partial charge on any atom is 0.124 e. The number of rotatable bonds is 1. The lowest BCUT2D eigenvalue weighted by Gasteiger charge is -2.24. The maximum atomic E-state index is 5.83. The average Bonchev–Trinajstić information content (AvgIpc) is 1.89. The maximum absolute atomic E-state index is 5.83. The van der Waals surface area contributed by atoms with Gasteiger partial charge in [-0.2, -0.15) is 0 Å². The highest BCUT2D eigenvalue weighted by molar-refractivity contribution is 5.24. The highest BCUT2D eigenvalue weighted by atomic mass is 15.1. The van der Waals surface area contributed by atoms with Crippen molar-refractivity contribution in [2.24, 2.45) is 5.73 Å². The zero-order valence-corrected chi connectivity index (χ0v) is 6.04. The van der Waals surface area contributed by atoms with Crippen LogP contribution in [-0.2, 0) is 0 Å². The van der Waals surface area contributed by atoms with Gasteiger partial charge in [0, 0.05) is 0 Å². The van der Waals surface area contributed by atoms with Gasteiger partial charge >= 0.3 is 0 Å². The fraction of sp³-hybridized carbons (Fsp3) is 0.250.